The zero-order valence-corrected chi connectivity index (χ0v) is 12.3. The second-order valence-corrected chi connectivity index (χ2v) is 5.37. The fraction of sp³-hybridized carbons (Fsp3) is 0.533. The van der Waals surface area contributed by atoms with E-state index in [1.54, 1.807) is 0 Å². The molecule has 2 unspecified atom stereocenters. The number of benzene rings is 1. The number of carbonyl (C=O) groups excluding carboxylic acids is 1. The predicted octanol–water partition coefficient (Wildman–Crippen LogP) is 0.165. The van der Waals surface area contributed by atoms with Crippen LogP contribution in [0.15, 0.2) is 24.3 Å². The lowest BCUT2D eigenvalue weighted by Crippen LogP contribution is -2.51. The molecule has 0 saturated carbocycles. The fourth-order valence-corrected chi connectivity index (χ4v) is 2.37. The molecule has 6 heteroatoms. The molecule has 1 saturated heterocycles. The Kier molecular flexibility index (Phi) is 5.69. The van der Waals surface area contributed by atoms with Crippen molar-refractivity contribution in [3.05, 3.63) is 29.8 Å². The van der Waals surface area contributed by atoms with E-state index >= 15 is 0 Å². The van der Waals surface area contributed by atoms with Crippen LogP contribution in [0.25, 0.3) is 0 Å². The van der Waals surface area contributed by atoms with Gasteiger partial charge in [-0.05, 0) is 24.6 Å². The van der Waals surface area contributed by atoms with Crippen LogP contribution < -0.4 is 11.1 Å². The topological polar surface area (TPSA) is 87.8 Å². The Morgan fingerprint density at radius 2 is 2.38 bits per heavy atom. The van der Waals surface area contributed by atoms with Crippen molar-refractivity contribution in [1.29, 1.82) is 0 Å². The summed E-state index contributed by atoms with van der Waals surface area (Å²) >= 11 is 0. The van der Waals surface area contributed by atoms with Crippen molar-refractivity contribution >= 4 is 11.6 Å². The van der Waals surface area contributed by atoms with E-state index in [1.165, 1.54) is 0 Å². The minimum Gasteiger partial charge on any atom is -0.394 e. The molecule has 0 spiro atoms. The van der Waals surface area contributed by atoms with Gasteiger partial charge in [-0.15, -0.1) is 0 Å². The maximum Gasteiger partial charge on any atom is 0.238 e. The highest BCUT2D eigenvalue weighted by Crippen LogP contribution is 2.13. The summed E-state index contributed by atoms with van der Waals surface area (Å²) in [6.45, 7) is 3.81. The van der Waals surface area contributed by atoms with Gasteiger partial charge < -0.3 is 20.9 Å². The third-order valence-electron chi connectivity index (χ3n) is 3.63. The summed E-state index contributed by atoms with van der Waals surface area (Å²) in [6.07, 6.45) is -0.213. The van der Waals surface area contributed by atoms with Crippen LogP contribution in [0.3, 0.4) is 0 Å². The molecule has 0 radical (unpaired) electrons. The molecule has 21 heavy (non-hydrogen) atoms. The monoisotopic (exact) mass is 293 g/mol. The van der Waals surface area contributed by atoms with E-state index in [0.717, 1.165) is 11.3 Å². The van der Waals surface area contributed by atoms with Crippen LogP contribution in [0.2, 0.25) is 0 Å². The molecule has 0 aromatic heterocycles. The molecule has 1 aliphatic heterocycles. The van der Waals surface area contributed by atoms with Gasteiger partial charge in [-0.3, -0.25) is 9.69 Å². The average Bonchev–Trinajstić information content (AvgIpc) is 2.49. The standard InChI is InChI=1S/C15H23N3O3/c1-11-10-21-14(9-19)7-18(11)8-15(20)17-13-4-2-3-12(5-13)6-16/h2-5,11,14,19H,6-10,16H2,1H3,(H,17,20). The number of ether oxygens (including phenoxy) is 1. The Balaban J connectivity index is 1.91. The van der Waals surface area contributed by atoms with Gasteiger partial charge in [-0.1, -0.05) is 12.1 Å². The number of morpholine rings is 1. The Bertz CT molecular complexity index is 481. The first-order chi connectivity index (χ1) is 10.1. The summed E-state index contributed by atoms with van der Waals surface area (Å²) in [5, 5.41) is 12.0. The van der Waals surface area contributed by atoms with Crippen LogP contribution in [0.4, 0.5) is 5.69 Å². The first kappa shape index (κ1) is 15.9. The highest BCUT2D eigenvalue weighted by molar-refractivity contribution is 5.92. The van der Waals surface area contributed by atoms with Crippen molar-refractivity contribution in [2.24, 2.45) is 5.73 Å². The molecule has 116 valence electrons. The third-order valence-corrected chi connectivity index (χ3v) is 3.63. The molecule has 1 aromatic carbocycles. The highest BCUT2D eigenvalue weighted by atomic mass is 16.5. The van der Waals surface area contributed by atoms with E-state index in [1.807, 2.05) is 36.1 Å². The zero-order chi connectivity index (χ0) is 15.2. The largest absolute Gasteiger partial charge is 0.394 e. The zero-order valence-electron chi connectivity index (χ0n) is 12.3. The number of nitrogens with two attached hydrogens (primary N) is 1. The minimum absolute atomic E-state index is 0.0244. The second-order valence-electron chi connectivity index (χ2n) is 5.37. The Morgan fingerprint density at radius 1 is 1.57 bits per heavy atom. The average molecular weight is 293 g/mol. The van der Waals surface area contributed by atoms with Crippen LogP contribution in [0, 0.1) is 0 Å². The molecule has 0 bridgehead atoms. The summed E-state index contributed by atoms with van der Waals surface area (Å²) in [7, 11) is 0. The lowest BCUT2D eigenvalue weighted by molar-refractivity contribution is -0.122. The minimum atomic E-state index is -0.213. The molecule has 1 heterocycles. The molecule has 2 atom stereocenters. The first-order valence-electron chi connectivity index (χ1n) is 7.17. The first-order valence-corrected chi connectivity index (χ1v) is 7.17. The fourth-order valence-electron chi connectivity index (χ4n) is 2.37. The maximum atomic E-state index is 12.1. The smallest absolute Gasteiger partial charge is 0.238 e. The summed E-state index contributed by atoms with van der Waals surface area (Å²) in [6, 6.07) is 7.67. The summed E-state index contributed by atoms with van der Waals surface area (Å²) in [4.78, 5) is 14.2. The molecule has 6 nitrogen and oxygen atoms in total. The number of carbonyl (C=O) groups is 1. The molecule has 1 amide bonds. The van der Waals surface area contributed by atoms with E-state index in [4.69, 9.17) is 15.6 Å². The van der Waals surface area contributed by atoms with Gasteiger partial charge >= 0.3 is 0 Å². The van der Waals surface area contributed by atoms with Crippen molar-refractivity contribution in [1.82, 2.24) is 4.90 Å². The van der Waals surface area contributed by atoms with Crippen molar-refractivity contribution in [3.8, 4) is 0 Å². The normalized spacial score (nSPS) is 23.0. The Hall–Kier alpha value is -1.47. The van der Waals surface area contributed by atoms with Crippen LogP contribution in [0.5, 0.6) is 0 Å². The molecule has 1 fully saturated rings. The molecule has 4 N–H and O–H groups in total. The van der Waals surface area contributed by atoms with Gasteiger partial charge in [0.05, 0.1) is 25.9 Å². The van der Waals surface area contributed by atoms with E-state index in [9.17, 15) is 4.79 Å². The Morgan fingerprint density at radius 3 is 3.10 bits per heavy atom. The lowest BCUT2D eigenvalue weighted by atomic mass is 10.2. The Labute approximate surface area is 124 Å². The number of hydrogen-bond donors (Lipinski definition) is 3. The van der Waals surface area contributed by atoms with Gasteiger partial charge in [0.15, 0.2) is 0 Å². The van der Waals surface area contributed by atoms with Gasteiger partial charge in [-0.2, -0.15) is 0 Å². The molecule has 2 rings (SSSR count). The van der Waals surface area contributed by atoms with Gasteiger partial charge in [0.2, 0.25) is 5.91 Å². The summed E-state index contributed by atoms with van der Waals surface area (Å²) in [5.41, 5.74) is 7.32. The lowest BCUT2D eigenvalue weighted by Gasteiger charge is -2.36. The third kappa shape index (κ3) is 4.50. The van der Waals surface area contributed by atoms with Crippen LogP contribution in [0.1, 0.15) is 12.5 Å². The summed E-state index contributed by atoms with van der Waals surface area (Å²) in [5.74, 6) is -0.0744. The van der Waals surface area contributed by atoms with Crippen molar-refractivity contribution in [2.45, 2.75) is 25.6 Å². The molecule has 0 aliphatic carbocycles. The van der Waals surface area contributed by atoms with Crippen molar-refractivity contribution < 1.29 is 14.6 Å². The number of rotatable bonds is 5. The molecule has 1 aromatic rings. The van der Waals surface area contributed by atoms with Gasteiger partial charge in [-0.25, -0.2) is 0 Å². The highest BCUT2D eigenvalue weighted by Gasteiger charge is 2.26. The molecular formula is C15H23N3O3. The van der Waals surface area contributed by atoms with Crippen LogP contribution in [-0.2, 0) is 16.1 Å². The van der Waals surface area contributed by atoms with Crippen LogP contribution >= 0.6 is 0 Å². The second kappa shape index (κ2) is 7.51. The number of nitrogens with zero attached hydrogens (tertiary/aromatic N) is 1. The van der Waals surface area contributed by atoms with E-state index < -0.39 is 0 Å². The SMILES string of the molecule is CC1COC(CO)CN1CC(=O)Nc1cccc(CN)c1. The number of aliphatic hydroxyl groups is 1. The van der Waals surface area contributed by atoms with E-state index in [2.05, 4.69) is 5.32 Å². The van der Waals surface area contributed by atoms with E-state index in [0.29, 0.717) is 19.7 Å². The number of nitrogens with one attached hydrogen (secondary N) is 1. The predicted molar refractivity (Wildman–Crippen MR) is 80.8 cm³/mol. The number of hydrogen-bond acceptors (Lipinski definition) is 5. The maximum absolute atomic E-state index is 12.1. The number of amides is 1. The number of anilines is 1. The number of aliphatic hydroxyl groups excluding tert-OH is 1. The van der Waals surface area contributed by atoms with Crippen molar-refractivity contribution in [3.63, 3.8) is 0 Å². The quantitative estimate of drug-likeness (QED) is 0.720. The van der Waals surface area contributed by atoms with Crippen molar-refractivity contribution in [2.75, 3.05) is 31.6 Å². The molecular weight excluding hydrogens is 270 g/mol. The molecule has 1 aliphatic rings. The summed E-state index contributed by atoms with van der Waals surface area (Å²) < 4.78 is 5.46. The van der Waals surface area contributed by atoms with Crippen LogP contribution in [-0.4, -0.2) is 54.4 Å². The van der Waals surface area contributed by atoms with Gasteiger partial charge in [0, 0.05) is 24.8 Å². The van der Waals surface area contributed by atoms with E-state index in [-0.39, 0.29) is 31.2 Å². The van der Waals surface area contributed by atoms with Gasteiger partial charge in [0.25, 0.3) is 0 Å². The van der Waals surface area contributed by atoms with Gasteiger partial charge in [0.1, 0.15) is 0 Å².